The summed E-state index contributed by atoms with van der Waals surface area (Å²) in [6, 6.07) is 16.0. The van der Waals surface area contributed by atoms with Crippen LogP contribution in [0.15, 0.2) is 59.5 Å². The number of carbonyl (C=O) groups is 1. The summed E-state index contributed by atoms with van der Waals surface area (Å²) in [5.41, 5.74) is 1.05. The summed E-state index contributed by atoms with van der Waals surface area (Å²) in [6.45, 7) is 3.90. The van der Waals surface area contributed by atoms with Crippen LogP contribution in [-0.2, 0) is 14.8 Å². The van der Waals surface area contributed by atoms with Crippen molar-refractivity contribution in [3.05, 3.63) is 65.2 Å². The standard InChI is InChI=1S/C20H24ClN3O3S/c1-16(17-6-3-2-4-7-17)22-20(25)15-23-10-12-24(13-11-23)28(26,27)19-9-5-8-18(21)14-19/h2-9,14,16H,10-13,15H2,1H3,(H,22,25)/t16-/m0/s1. The molecule has 28 heavy (non-hydrogen) atoms. The van der Waals surface area contributed by atoms with Gasteiger partial charge in [-0.2, -0.15) is 4.31 Å². The average Bonchev–Trinajstić information content (AvgIpc) is 2.69. The first-order chi connectivity index (χ1) is 13.4. The second-order valence-electron chi connectivity index (χ2n) is 6.84. The van der Waals surface area contributed by atoms with Crippen molar-refractivity contribution in [1.82, 2.24) is 14.5 Å². The SMILES string of the molecule is C[C@H](NC(=O)CN1CCN(S(=O)(=O)c2cccc(Cl)c2)CC1)c1ccccc1. The maximum Gasteiger partial charge on any atom is 0.243 e. The normalized spacial score (nSPS) is 17.2. The van der Waals surface area contributed by atoms with Crippen LogP contribution in [0.1, 0.15) is 18.5 Å². The number of nitrogens with zero attached hydrogens (tertiary/aromatic N) is 2. The van der Waals surface area contributed by atoms with Crippen LogP contribution in [0.5, 0.6) is 0 Å². The fourth-order valence-corrected chi connectivity index (χ4v) is 4.94. The molecule has 1 fully saturated rings. The molecule has 0 spiro atoms. The lowest BCUT2D eigenvalue weighted by Gasteiger charge is -2.33. The molecule has 0 unspecified atom stereocenters. The van der Waals surface area contributed by atoms with E-state index in [9.17, 15) is 13.2 Å². The predicted molar refractivity (Wildman–Crippen MR) is 110 cm³/mol. The summed E-state index contributed by atoms with van der Waals surface area (Å²) >= 11 is 5.92. The topological polar surface area (TPSA) is 69.7 Å². The molecule has 1 amide bonds. The zero-order valence-corrected chi connectivity index (χ0v) is 17.3. The van der Waals surface area contributed by atoms with Crippen molar-refractivity contribution >= 4 is 27.5 Å². The molecule has 2 aromatic rings. The Morgan fingerprint density at radius 2 is 1.75 bits per heavy atom. The first kappa shape index (κ1) is 20.8. The van der Waals surface area contributed by atoms with Crippen LogP contribution in [0.2, 0.25) is 5.02 Å². The van der Waals surface area contributed by atoms with E-state index in [2.05, 4.69) is 5.32 Å². The largest absolute Gasteiger partial charge is 0.348 e. The third-order valence-corrected chi connectivity index (χ3v) is 6.94. The molecule has 1 saturated heterocycles. The van der Waals surface area contributed by atoms with Gasteiger partial charge in [0.05, 0.1) is 17.5 Å². The first-order valence-corrected chi connectivity index (χ1v) is 11.0. The van der Waals surface area contributed by atoms with Crippen LogP contribution < -0.4 is 5.32 Å². The summed E-state index contributed by atoms with van der Waals surface area (Å²) in [5, 5.41) is 3.38. The Morgan fingerprint density at radius 1 is 1.07 bits per heavy atom. The second-order valence-corrected chi connectivity index (χ2v) is 9.21. The van der Waals surface area contributed by atoms with Gasteiger partial charge in [0.2, 0.25) is 15.9 Å². The quantitative estimate of drug-likeness (QED) is 0.778. The Morgan fingerprint density at radius 3 is 2.39 bits per heavy atom. The van der Waals surface area contributed by atoms with E-state index in [4.69, 9.17) is 11.6 Å². The maximum absolute atomic E-state index is 12.7. The van der Waals surface area contributed by atoms with Crippen molar-refractivity contribution < 1.29 is 13.2 Å². The van der Waals surface area contributed by atoms with Gasteiger partial charge in [-0.3, -0.25) is 9.69 Å². The van der Waals surface area contributed by atoms with Gasteiger partial charge < -0.3 is 5.32 Å². The Balaban J connectivity index is 1.52. The number of nitrogens with one attached hydrogen (secondary N) is 1. The molecule has 0 radical (unpaired) electrons. The minimum atomic E-state index is -3.57. The molecule has 3 rings (SSSR count). The highest BCUT2D eigenvalue weighted by atomic mass is 35.5. The highest BCUT2D eigenvalue weighted by molar-refractivity contribution is 7.89. The Labute approximate surface area is 171 Å². The lowest BCUT2D eigenvalue weighted by Crippen LogP contribution is -2.51. The lowest BCUT2D eigenvalue weighted by molar-refractivity contribution is -0.123. The number of hydrogen-bond acceptors (Lipinski definition) is 4. The molecule has 1 atom stereocenters. The van der Waals surface area contributed by atoms with Gasteiger partial charge >= 0.3 is 0 Å². The number of hydrogen-bond donors (Lipinski definition) is 1. The Hall–Kier alpha value is -1.93. The minimum absolute atomic E-state index is 0.0671. The number of halogens is 1. The first-order valence-electron chi connectivity index (χ1n) is 9.18. The fourth-order valence-electron chi connectivity index (χ4n) is 3.22. The van der Waals surface area contributed by atoms with Gasteiger partial charge in [-0.15, -0.1) is 0 Å². The molecule has 1 aliphatic heterocycles. The zero-order valence-electron chi connectivity index (χ0n) is 15.7. The second kappa shape index (κ2) is 9.05. The highest BCUT2D eigenvalue weighted by Gasteiger charge is 2.29. The van der Waals surface area contributed by atoms with Crippen molar-refractivity contribution in [2.24, 2.45) is 0 Å². The van der Waals surface area contributed by atoms with Gasteiger partial charge in [-0.25, -0.2) is 8.42 Å². The van der Waals surface area contributed by atoms with E-state index in [1.54, 1.807) is 18.2 Å². The van der Waals surface area contributed by atoms with E-state index in [0.29, 0.717) is 31.2 Å². The van der Waals surface area contributed by atoms with Gasteiger partial charge in [0.1, 0.15) is 0 Å². The molecule has 8 heteroatoms. The Bertz CT molecular complexity index is 913. The number of benzene rings is 2. The molecule has 0 aromatic heterocycles. The van der Waals surface area contributed by atoms with Gasteiger partial charge in [0.25, 0.3) is 0 Å². The molecule has 0 saturated carbocycles. The highest BCUT2D eigenvalue weighted by Crippen LogP contribution is 2.21. The van der Waals surface area contributed by atoms with Crippen LogP contribution in [-0.4, -0.2) is 56.3 Å². The van der Waals surface area contributed by atoms with Crippen LogP contribution in [0.3, 0.4) is 0 Å². The van der Waals surface area contributed by atoms with E-state index in [0.717, 1.165) is 5.56 Å². The number of carbonyl (C=O) groups excluding carboxylic acids is 1. The van der Waals surface area contributed by atoms with E-state index in [1.165, 1.54) is 10.4 Å². The van der Waals surface area contributed by atoms with Crippen molar-refractivity contribution in [3.63, 3.8) is 0 Å². The molecule has 0 bridgehead atoms. The van der Waals surface area contributed by atoms with Crippen molar-refractivity contribution in [3.8, 4) is 0 Å². The van der Waals surface area contributed by atoms with E-state index in [-0.39, 0.29) is 23.4 Å². The smallest absolute Gasteiger partial charge is 0.243 e. The van der Waals surface area contributed by atoms with Crippen molar-refractivity contribution in [2.45, 2.75) is 17.9 Å². The van der Waals surface area contributed by atoms with E-state index in [1.807, 2.05) is 42.2 Å². The van der Waals surface area contributed by atoms with Crippen molar-refractivity contribution in [1.29, 1.82) is 0 Å². The molecule has 6 nitrogen and oxygen atoms in total. The van der Waals surface area contributed by atoms with Crippen LogP contribution in [0, 0.1) is 0 Å². The summed E-state index contributed by atoms with van der Waals surface area (Å²) in [7, 11) is -3.57. The molecule has 1 heterocycles. The van der Waals surface area contributed by atoms with Gasteiger partial charge in [-0.05, 0) is 30.7 Å². The number of rotatable bonds is 6. The van der Waals surface area contributed by atoms with Crippen LogP contribution >= 0.6 is 11.6 Å². The van der Waals surface area contributed by atoms with Gasteiger partial charge in [0, 0.05) is 31.2 Å². The predicted octanol–water partition coefficient (Wildman–Crippen LogP) is 2.52. The third-order valence-electron chi connectivity index (χ3n) is 4.81. The molecule has 2 aromatic carbocycles. The maximum atomic E-state index is 12.7. The molecule has 150 valence electrons. The lowest BCUT2D eigenvalue weighted by atomic mass is 10.1. The molecular weight excluding hydrogens is 398 g/mol. The summed E-state index contributed by atoms with van der Waals surface area (Å²) in [5.74, 6) is -0.0671. The van der Waals surface area contributed by atoms with Gasteiger partial charge in [-0.1, -0.05) is 48.0 Å². The van der Waals surface area contributed by atoms with E-state index >= 15 is 0 Å². The number of amides is 1. The minimum Gasteiger partial charge on any atom is -0.348 e. The van der Waals surface area contributed by atoms with Crippen molar-refractivity contribution in [2.75, 3.05) is 32.7 Å². The number of piperazine rings is 1. The van der Waals surface area contributed by atoms with E-state index < -0.39 is 10.0 Å². The average molecular weight is 422 g/mol. The third kappa shape index (κ3) is 5.11. The van der Waals surface area contributed by atoms with Crippen LogP contribution in [0.25, 0.3) is 0 Å². The molecule has 0 aliphatic carbocycles. The molecule has 1 aliphatic rings. The fraction of sp³-hybridized carbons (Fsp3) is 0.350. The monoisotopic (exact) mass is 421 g/mol. The molecular formula is C20H24ClN3O3S. The summed E-state index contributed by atoms with van der Waals surface area (Å²) < 4.78 is 26.9. The summed E-state index contributed by atoms with van der Waals surface area (Å²) in [4.78, 5) is 14.5. The number of sulfonamides is 1. The van der Waals surface area contributed by atoms with Crippen LogP contribution in [0.4, 0.5) is 0 Å². The van der Waals surface area contributed by atoms with Gasteiger partial charge in [0.15, 0.2) is 0 Å². The Kier molecular flexibility index (Phi) is 6.72. The zero-order chi connectivity index (χ0) is 20.1. The molecule has 1 N–H and O–H groups in total. The summed E-state index contributed by atoms with van der Waals surface area (Å²) in [6.07, 6.45) is 0.